The van der Waals surface area contributed by atoms with E-state index < -0.39 is 0 Å². The molecule has 148 valence electrons. The number of nitriles is 1. The minimum Gasteiger partial charge on any atom is -0.493 e. The van der Waals surface area contributed by atoms with Crippen molar-refractivity contribution in [1.82, 2.24) is 4.98 Å². The fourth-order valence-corrected chi connectivity index (χ4v) is 3.21. The Morgan fingerprint density at radius 3 is 2.03 bits per heavy atom. The largest absolute Gasteiger partial charge is 0.493 e. The number of aryl methyl sites for hydroxylation is 1. The maximum absolute atomic E-state index is 9.69. The average molecular weight is 389 g/mol. The van der Waals surface area contributed by atoms with E-state index in [0.717, 1.165) is 17.5 Å². The molecule has 6 heteroatoms. The van der Waals surface area contributed by atoms with E-state index in [1.807, 2.05) is 18.2 Å². The van der Waals surface area contributed by atoms with Crippen LogP contribution in [0.5, 0.6) is 17.2 Å². The Morgan fingerprint density at radius 1 is 0.931 bits per heavy atom. The number of pyridine rings is 1. The number of rotatable bonds is 6. The maximum Gasteiger partial charge on any atom is 0.203 e. The molecule has 0 aliphatic rings. The van der Waals surface area contributed by atoms with Crippen molar-refractivity contribution >= 4 is 5.82 Å². The van der Waals surface area contributed by atoms with Gasteiger partial charge in [-0.1, -0.05) is 31.2 Å². The highest BCUT2D eigenvalue weighted by Gasteiger charge is 2.19. The van der Waals surface area contributed by atoms with Gasteiger partial charge in [0.25, 0.3) is 0 Å². The minimum absolute atomic E-state index is 0.174. The Morgan fingerprint density at radius 2 is 1.55 bits per heavy atom. The van der Waals surface area contributed by atoms with Crippen LogP contribution in [0, 0.1) is 11.3 Å². The lowest BCUT2D eigenvalue weighted by molar-refractivity contribution is 0.324. The molecule has 0 saturated carbocycles. The van der Waals surface area contributed by atoms with E-state index in [4.69, 9.17) is 19.9 Å². The summed E-state index contributed by atoms with van der Waals surface area (Å²) in [6.07, 6.45) is 0.958. The number of nitrogen functional groups attached to an aromatic ring is 1. The molecule has 2 aromatic carbocycles. The molecule has 0 aliphatic carbocycles. The lowest BCUT2D eigenvalue weighted by Gasteiger charge is -2.16. The van der Waals surface area contributed by atoms with Crippen molar-refractivity contribution < 1.29 is 14.2 Å². The second kappa shape index (κ2) is 8.53. The predicted octanol–water partition coefficient (Wildman–Crippen LogP) is 4.46. The van der Waals surface area contributed by atoms with Crippen LogP contribution in [0.25, 0.3) is 22.4 Å². The zero-order valence-electron chi connectivity index (χ0n) is 16.9. The molecule has 0 saturated heterocycles. The number of benzene rings is 2. The minimum atomic E-state index is 0.174. The Hall–Kier alpha value is -3.72. The normalized spacial score (nSPS) is 10.3. The molecule has 0 bridgehead atoms. The van der Waals surface area contributed by atoms with Crippen molar-refractivity contribution in [2.75, 3.05) is 27.1 Å². The summed E-state index contributed by atoms with van der Waals surface area (Å²) >= 11 is 0. The SMILES string of the molecule is CCc1ccc(-c2cc(-c3cc(OC)c(OC)c(OC)c3)c(C#N)c(N)n2)cc1. The number of hydrogen-bond donors (Lipinski definition) is 1. The molecule has 0 unspecified atom stereocenters. The van der Waals surface area contributed by atoms with Gasteiger partial charge >= 0.3 is 0 Å². The maximum atomic E-state index is 9.69. The summed E-state index contributed by atoms with van der Waals surface area (Å²) in [5.74, 6) is 1.65. The van der Waals surface area contributed by atoms with E-state index in [2.05, 4.69) is 30.1 Å². The van der Waals surface area contributed by atoms with E-state index in [0.29, 0.717) is 34.1 Å². The highest BCUT2D eigenvalue weighted by Crippen LogP contribution is 2.42. The van der Waals surface area contributed by atoms with Gasteiger partial charge in [0, 0.05) is 11.1 Å². The average Bonchev–Trinajstić information content (AvgIpc) is 2.77. The van der Waals surface area contributed by atoms with Crippen molar-refractivity contribution in [1.29, 1.82) is 5.26 Å². The quantitative estimate of drug-likeness (QED) is 0.669. The van der Waals surface area contributed by atoms with E-state index >= 15 is 0 Å². The topological polar surface area (TPSA) is 90.4 Å². The zero-order valence-corrected chi connectivity index (χ0v) is 16.9. The number of nitrogens with zero attached hydrogens (tertiary/aromatic N) is 2. The summed E-state index contributed by atoms with van der Waals surface area (Å²) in [7, 11) is 4.64. The molecule has 2 N–H and O–H groups in total. The molecule has 3 aromatic rings. The fourth-order valence-electron chi connectivity index (χ4n) is 3.21. The molecule has 6 nitrogen and oxygen atoms in total. The lowest BCUT2D eigenvalue weighted by atomic mass is 9.97. The summed E-state index contributed by atoms with van der Waals surface area (Å²) < 4.78 is 16.3. The molecule has 29 heavy (non-hydrogen) atoms. The highest BCUT2D eigenvalue weighted by atomic mass is 16.5. The molecule has 3 rings (SSSR count). The van der Waals surface area contributed by atoms with Crippen molar-refractivity contribution in [2.45, 2.75) is 13.3 Å². The second-order valence-electron chi connectivity index (χ2n) is 6.39. The Balaban J connectivity index is 2.23. The number of ether oxygens (including phenoxy) is 3. The third-order valence-electron chi connectivity index (χ3n) is 4.79. The molecule has 0 spiro atoms. The van der Waals surface area contributed by atoms with Gasteiger partial charge in [-0.2, -0.15) is 5.26 Å². The molecular weight excluding hydrogens is 366 g/mol. The van der Waals surface area contributed by atoms with Gasteiger partial charge in [-0.05, 0) is 35.7 Å². The van der Waals surface area contributed by atoms with Gasteiger partial charge in [-0.3, -0.25) is 0 Å². The molecule has 0 amide bonds. The monoisotopic (exact) mass is 389 g/mol. The van der Waals surface area contributed by atoms with Crippen LogP contribution < -0.4 is 19.9 Å². The van der Waals surface area contributed by atoms with E-state index in [-0.39, 0.29) is 5.82 Å². The first-order valence-corrected chi connectivity index (χ1v) is 9.16. The number of hydrogen-bond acceptors (Lipinski definition) is 6. The van der Waals surface area contributed by atoms with Gasteiger partial charge in [-0.15, -0.1) is 0 Å². The van der Waals surface area contributed by atoms with Crippen LogP contribution in [0.4, 0.5) is 5.82 Å². The van der Waals surface area contributed by atoms with Gasteiger partial charge in [0.2, 0.25) is 5.75 Å². The van der Waals surface area contributed by atoms with E-state index in [1.165, 1.54) is 5.56 Å². The Labute approximate surface area is 170 Å². The lowest BCUT2D eigenvalue weighted by Crippen LogP contribution is -2.01. The van der Waals surface area contributed by atoms with Crippen molar-refractivity contribution in [3.63, 3.8) is 0 Å². The zero-order chi connectivity index (χ0) is 21.0. The second-order valence-corrected chi connectivity index (χ2v) is 6.39. The molecule has 0 atom stereocenters. The summed E-state index contributed by atoms with van der Waals surface area (Å²) in [6.45, 7) is 2.11. The van der Waals surface area contributed by atoms with Gasteiger partial charge in [0.05, 0.1) is 27.0 Å². The van der Waals surface area contributed by atoms with Crippen LogP contribution >= 0.6 is 0 Å². The molecule has 1 aromatic heterocycles. The predicted molar refractivity (Wildman–Crippen MR) is 113 cm³/mol. The third-order valence-corrected chi connectivity index (χ3v) is 4.79. The smallest absolute Gasteiger partial charge is 0.203 e. The first-order valence-electron chi connectivity index (χ1n) is 9.16. The van der Waals surface area contributed by atoms with Gasteiger partial charge in [-0.25, -0.2) is 4.98 Å². The standard InChI is InChI=1S/C23H23N3O3/c1-5-14-6-8-15(9-7-14)19-12-17(18(13-24)23(25)26-19)16-10-20(27-2)22(29-4)21(11-16)28-3/h6-12H,5H2,1-4H3,(H2,25,26). The number of methoxy groups -OCH3 is 3. The first-order chi connectivity index (χ1) is 14.1. The van der Waals surface area contributed by atoms with E-state index in [9.17, 15) is 5.26 Å². The van der Waals surface area contributed by atoms with Crippen LogP contribution in [-0.2, 0) is 6.42 Å². The molecule has 0 aliphatic heterocycles. The van der Waals surface area contributed by atoms with Gasteiger partial charge < -0.3 is 19.9 Å². The highest BCUT2D eigenvalue weighted by molar-refractivity contribution is 5.82. The molecule has 1 heterocycles. The number of anilines is 1. The Kier molecular flexibility index (Phi) is 5.89. The molecular formula is C23H23N3O3. The summed E-state index contributed by atoms with van der Waals surface area (Å²) in [4.78, 5) is 4.44. The van der Waals surface area contributed by atoms with Crippen molar-refractivity contribution in [3.8, 4) is 45.7 Å². The van der Waals surface area contributed by atoms with Crippen LogP contribution in [0.3, 0.4) is 0 Å². The third kappa shape index (κ3) is 3.81. The van der Waals surface area contributed by atoms with Crippen LogP contribution in [-0.4, -0.2) is 26.3 Å². The van der Waals surface area contributed by atoms with Crippen LogP contribution in [0.15, 0.2) is 42.5 Å². The Bertz CT molecular complexity index is 1040. The fraction of sp³-hybridized carbons (Fsp3) is 0.217. The van der Waals surface area contributed by atoms with Crippen molar-refractivity contribution in [3.05, 3.63) is 53.6 Å². The first kappa shape index (κ1) is 20.0. The molecule has 0 radical (unpaired) electrons. The van der Waals surface area contributed by atoms with Crippen LogP contribution in [0.1, 0.15) is 18.1 Å². The van der Waals surface area contributed by atoms with Gasteiger partial charge in [0.1, 0.15) is 17.5 Å². The summed E-state index contributed by atoms with van der Waals surface area (Å²) in [5, 5.41) is 9.69. The van der Waals surface area contributed by atoms with Gasteiger partial charge in [0.15, 0.2) is 11.5 Å². The summed E-state index contributed by atoms with van der Waals surface area (Å²) in [5.41, 5.74) is 10.7. The summed E-state index contributed by atoms with van der Waals surface area (Å²) in [6, 6.07) is 15.7. The van der Waals surface area contributed by atoms with Crippen molar-refractivity contribution in [2.24, 2.45) is 0 Å². The molecule has 0 fully saturated rings. The van der Waals surface area contributed by atoms with Crippen LogP contribution in [0.2, 0.25) is 0 Å². The number of aromatic nitrogens is 1. The number of nitrogens with two attached hydrogens (primary N) is 1. The van der Waals surface area contributed by atoms with E-state index in [1.54, 1.807) is 33.5 Å².